The number of aliphatic imine (C=N–C) groups is 1. The Morgan fingerprint density at radius 2 is 1.85 bits per heavy atom. The molecule has 0 saturated carbocycles. The summed E-state index contributed by atoms with van der Waals surface area (Å²) in [6, 6.07) is 16.6. The third-order valence-corrected chi connectivity index (χ3v) is 4.21. The minimum Gasteiger partial charge on any atom is -0.357 e. The highest BCUT2D eigenvalue weighted by Gasteiger charge is 2.02. The first kappa shape index (κ1) is 21.2. The highest BCUT2D eigenvalue weighted by molar-refractivity contribution is 14.0. The van der Waals surface area contributed by atoms with Gasteiger partial charge in [-0.05, 0) is 38.0 Å². The molecule has 144 valence electrons. The molecule has 2 aromatic carbocycles. The van der Waals surface area contributed by atoms with Crippen LogP contribution in [0, 0.1) is 6.92 Å². The number of para-hydroxylation sites is 2. The third-order valence-electron chi connectivity index (χ3n) is 4.21. The van der Waals surface area contributed by atoms with Gasteiger partial charge in [0.1, 0.15) is 5.82 Å². The van der Waals surface area contributed by atoms with Crippen molar-refractivity contribution in [2.24, 2.45) is 4.99 Å². The van der Waals surface area contributed by atoms with Gasteiger partial charge in [-0.3, -0.25) is 0 Å². The zero-order valence-corrected chi connectivity index (χ0v) is 18.3. The van der Waals surface area contributed by atoms with Gasteiger partial charge in [0.2, 0.25) is 0 Å². The molecule has 0 aliphatic rings. The number of fused-ring (bicyclic) bond motifs is 1. The number of aromatic amines is 1. The predicted octanol–water partition coefficient (Wildman–Crippen LogP) is 4.18. The second kappa shape index (κ2) is 10.9. The number of aryl methyl sites for hydroxylation is 2. The second-order valence-electron chi connectivity index (χ2n) is 6.41. The second-order valence-corrected chi connectivity index (χ2v) is 6.41. The minimum absolute atomic E-state index is 0. The molecule has 0 atom stereocenters. The summed E-state index contributed by atoms with van der Waals surface area (Å²) in [5, 5.41) is 6.70. The molecule has 0 bridgehead atoms. The zero-order chi connectivity index (χ0) is 18.2. The number of benzene rings is 2. The first-order valence-corrected chi connectivity index (χ1v) is 9.26. The maximum absolute atomic E-state index is 4.66. The van der Waals surface area contributed by atoms with E-state index in [0.717, 1.165) is 48.7 Å². The normalized spacial score (nSPS) is 11.3. The van der Waals surface area contributed by atoms with Crippen LogP contribution >= 0.6 is 24.0 Å². The summed E-state index contributed by atoms with van der Waals surface area (Å²) in [6.45, 7) is 6.57. The van der Waals surface area contributed by atoms with E-state index in [0.29, 0.717) is 6.54 Å². The maximum atomic E-state index is 4.66. The van der Waals surface area contributed by atoms with Crippen molar-refractivity contribution in [1.29, 1.82) is 0 Å². The highest BCUT2D eigenvalue weighted by Crippen LogP contribution is 2.11. The molecule has 3 N–H and O–H groups in total. The van der Waals surface area contributed by atoms with E-state index in [4.69, 9.17) is 0 Å². The summed E-state index contributed by atoms with van der Waals surface area (Å²) >= 11 is 0. The molecule has 0 aliphatic heterocycles. The molecule has 3 rings (SSSR count). The number of halogens is 1. The fourth-order valence-electron chi connectivity index (χ4n) is 2.79. The van der Waals surface area contributed by atoms with E-state index in [-0.39, 0.29) is 24.0 Å². The van der Waals surface area contributed by atoms with E-state index >= 15 is 0 Å². The molecule has 0 spiro atoms. The number of rotatable bonds is 7. The van der Waals surface area contributed by atoms with Crippen molar-refractivity contribution in [2.75, 3.05) is 13.1 Å². The largest absolute Gasteiger partial charge is 0.357 e. The molecular weight excluding hydrogens is 449 g/mol. The molecule has 3 aromatic rings. The molecule has 27 heavy (non-hydrogen) atoms. The summed E-state index contributed by atoms with van der Waals surface area (Å²) in [5.41, 5.74) is 4.62. The van der Waals surface area contributed by atoms with E-state index in [2.05, 4.69) is 69.8 Å². The van der Waals surface area contributed by atoms with Gasteiger partial charge in [0.25, 0.3) is 0 Å². The number of guanidine groups is 1. The van der Waals surface area contributed by atoms with E-state index < -0.39 is 0 Å². The zero-order valence-electron chi connectivity index (χ0n) is 16.0. The molecule has 0 aliphatic carbocycles. The number of hydrogen-bond acceptors (Lipinski definition) is 2. The molecule has 0 radical (unpaired) electrons. The molecule has 6 heteroatoms. The maximum Gasteiger partial charge on any atom is 0.191 e. The van der Waals surface area contributed by atoms with Crippen LogP contribution in [0.4, 0.5) is 0 Å². The molecular formula is C21H28IN5. The van der Waals surface area contributed by atoms with Gasteiger partial charge in [-0.25, -0.2) is 9.98 Å². The van der Waals surface area contributed by atoms with E-state index in [1.807, 2.05) is 18.2 Å². The van der Waals surface area contributed by atoms with Gasteiger partial charge >= 0.3 is 0 Å². The standard InChI is InChI=1S/C21H27N5.HI/c1-3-22-21(24-15-17-12-10-16(2)11-13-17)23-14-6-9-20-25-18-7-4-5-8-19(18)26-20;/h4-5,7-8,10-13H,3,6,9,14-15H2,1-2H3,(H,25,26)(H2,22,23,24);1H. The van der Waals surface area contributed by atoms with E-state index in [9.17, 15) is 0 Å². The van der Waals surface area contributed by atoms with Crippen molar-refractivity contribution < 1.29 is 0 Å². The average molecular weight is 477 g/mol. The number of nitrogens with zero attached hydrogens (tertiary/aromatic N) is 2. The van der Waals surface area contributed by atoms with Crippen molar-refractivity contribution in [3.8, 4) is 0 Å². The van der Waals surface area contributed by atoms with Gasteiger partial charge in [0, 0.05) is 19.5 Å². The highest BCUT2D eigenvalue weighted by atomic mass is 127. The van der Waals surface area contributed by atoms with Crippen molar-refractivity contribution in [1.82, 2.24) is 20.6 Å². The number of hydrogen-bond donors (Lipinski definition) is 3. The van der Waals surface area contributed by atoms with Crippen LogP contribution in [0.25, 0.3) is 11.0 Å². The smallest absolute Gasteiger partial charge is 0.191 e. The van der Waals surface area contributed by atoms with Crippen molar-refractivity contribution in [2.45, 2.75) is 33.2 Å². The summed E-state index contributed by atoms with van der Waals surface area (Å²) in [5.74, 6) is 1.90. The predicted molar refractivity (Wildman–Crippen MR) is 124 cm³/mol. The van der Waals surface area contributed by atoms with Crippen molar-refractivity contribution in [3.05, 3.63) is 65.5 Å². The van der Waals surface area contributed by atoms with Crippen LogP contribution in [0.2, 0.25) is 0 Å². The average Bonchev–Trinajstić information content (AvgIpc) is 3.07. The Balaban J connectivity index is 0.00000261. The number of imidazole rings is 1. The third kappa shape index (κ3) is 6.53. The van der Waals surface area contributed by atoms with Crippen molar-refractivity contribution >= 4 is 41.0 Å². The Bertz CT molecular complexity index is 821. The summed E-state index contributed by atoms with van der Waals surface area (Å²) < 4.78 is 0. The van der Waals surface area contributed by atoms with Gasteiger partial charge in [-0.2, -0.15) is 0 Å². The summed E-state index contributed by atoms with van der Waals surface area (Å²) in [4.78, 5) is 12.7. The first-order chi connectivity index (χ1) is 12.7. The van der Waals surface area contributed by atoms with Crippen LogP contribution in [0.15, 0.2) is 53.5 Å². The van der Waals surface area contributed by atoms with Crippen LogP contribution in [0.3, 0.4) is 0 Å². The molecule has 1 aromatic heterocycles. The molecule has 1 heterocycles. The molecule has 0 unspecified atom stereocenters. The Hall–Kier alpha value is -2.09. The number of nitrogens with one attached hydrogen (secondary N) is 3. The Morgan fingerprint density at radius 1 is 1.07 bits per heavy atom. The monoisotopic (exact) mass is 477 g/mol. The van der Waals surface area contributed by atoms with Gasteiger partial charge in [-0.15, -0.1) is 24.0 Å². The van der Waals surface area contributed by atoms with Gasteiger partial charge in [0.15, 0.2) is 5.96 Å². The van der Waals surface area contributed by atoms with Crippen LogP contribution in [0.1, 0.15) is 30.3 Å². The molecule has 0 amide bonds. The van der Waals surface area contributed by atoms with Gasteiger partial charge in [0.05, 0.1) is 17.6 Å². The summed E-state index contributed by atoms with van der Waals surface area (Å²) in [7, 11) is 0. The fourth-order valence-corrected chi connectivity index (χ4v) is 2.79. The van der Waals surface area contributed by atoms with Crippen LogP contribution < -0.4 is 10.6 Å². The van der Waals surface area contributed by atoms with E-state index in [1.165, 1.54) is 11.1 Å². The SMILES string of the molecule is CCNC(=NCc1ccc(C)cc1)NCCCc1nc2ccccc2[nH]1.I. The fraction of sp³-hybridized carbons (Fsp3) is 0.333. The Labute approximate surface area is 178 Å². The lowest BCUT2D eigenvalue weighted by atomic mass is 10.1. The lowest BCUT2D eigenvalue weighted by Crippen LogP contribution is -2.37. The van der Waals surface area contributed by atoms with Crippen LogP contribution in [0.5, 0.6) is 0 Å². The lowest BCUT2D eigenvalue weighted by Gasteiger charge is -2.11. The van der Waals surface area contributed by atoms with Crippen LogP contribution in [-0.2, 0) is 13.0 Å². The number of H-pyrrole nitrogens is 1. The van der Waals surface area contributed by atoms with Gasteiger partial charge < -0.3 is 15.6 Å². The van der Waals surface area contributed by atoms with E-state index in [1.54, 1.807) is 0 Å². The topological polar surface area (TPSA) is 65.1 Å². The van der Waals surface area contributed by atoms with Crippen molar-refractivity contribution in [3.63, 3.8) is 0 Å². The Morgan fingerprint density at radius 3 is 2.59 bits per heavy atom. The quantitative estimate of drug-likeness (QED) is 0.207. The van der Waals surface area contributed by atoms with Crippen LogP contribution in [-0.4, -0.2) is 29.0 Å². The lowest BCUT2D eigenvalue weighted by molar-refractivity contribution is 0.727. The minimum atomic E-state index is 0. The molecule has 0 saturated heterocycles. The summed E-state index contributed by atoms with van der Waals surface area (Å²) in [6.07, 6.45) is 1.91. The first-order valence-electron chi connectivity index (χ1n) is 9.26. The Kier molecular flexibility index (Phi) is 8.57. The molecule has 5 nitrogen and oxygen atoms in total. The number of aromatic nitrogens is 2. The molecule has 0 fully saturated rings. The van der Waals surface area contributed by atoms with Gasteiger partial charge in [-0.1, -0.05) is 42.0 Å².